The first-order valence-corrected chi connectivity index (χ1v) is 19.7. The van der Waals surface area contributed by atoms with Gasteiger partial charge in [0.1, 0.15) is 0 Å². The van der Waals surface area contributed by atoms with E-state index in [-0.39, 0.29) is 71.3 Å². The molecule has 304 valence electrons. The zero-order valence-electron chi connectivity index (χ0n) is 34.4. The Morgan fingerprint density at radius 3 is 0.904 bits per heavy atom. The zero-order valence-corrected chi connectivity index (χ0v) is 41.7. The molecule has 0 aliphatic carbocycles. The summed E-state index contributed by atoms with van der Waals surface area (Å²) in [6.07, 6.45) is 19.2. The van der Waals surface area contributed by atoms with E-state index in [1.807, 2.05) is 0 Å². The molecule has 52 heavy (non-hydrogen) atoms. The summed E-state index contributed by atoms with van der Waals surface area (Å²) >= 11 is 9.15. The van der Waals surface area contributed by atoms with Crippen LogP contribution in [0.1, 0.15) is 158 Å². The van der Waals surface area contributed by atoms with Crippen LogP contribution in [0.4, 0.5) is 0 Å². The Hall–Kier alpha value is -0.0826. The molecule has 2 unspecified atom stereocenters. The molecule has 0 aliphatic rings. The van der Waals surface area contributed by atoms with E-state index >= 15 is 0 Å². The van der Waals surface area contributed by atoms with Gasteiger partial charge in [0.05, 0.1) is 25.2 Å². The molecule has 0 fully saturated rings. The number of aliphatic carboxylic acids is 2. The molecule has 2 atom stereocenters. The largest absolute Gasteiger partial charge is 2.00 e. The predicted molar refractivity (Wildman–Crippen MR) is 225 cm³/mol. The summed E-state index contributed by atoms with van der Waals surface area (Å²) in [5, 5.41) is 18.8. The van der Waals surface area contributed by atoms with Gasteiger partial charge in [0.15, 0.2) is 0 Å². The molecule has 0 aromatic carbocycles. The molecule has 0 spiro atoms. The summed E-state index contributed by atoms with van der Waals surface area (Å²) in [5.41, 5.74) is 0. The third kappa shape index (κ3) is 98.0. The van der Waals surface area contributed by atoms with Gasteiger partial charge in [-0.1, -0.05) is 184 Å². The molecule has 0 rings (SSSR count). The van der Waals surface area contributed by atoms with Crippen LogP contribution in [0.15, 0.2) is 12.2 Å². The van der Waals surface area contributed by atoms with E-state index in [0.717, 1.165) is 51.4 Å². The van der Waals surface area contributed by atoms with Gasteiger partial charge >= 0.3 is 47.8 Å². The minimum absolute atomic E-state index is 0. The van der Waals surface area contributed by atoms with E-state index in [1.165, 1.54) is 51.4 Å². The van der Waals surface area contributed by atoms with Gasteiger partial charge in [-0.2, -0.15) is 0 Å². The van der Waals surface area contributed by atoms with E-state index in [0.29, 0.717) is 37.2 Å². The van der Waals surface area contributed by atoms with Crippen LogP contribution >= 0.6 is 0 Å². The number of rotatable bonds is 20. The van der Waals surface area contributed by atoms with Crippen molar-refractivity contribution in [2.75, 3.05) is 24.7 Å². The summed E-state index contributed by atoms with van der Waals surface area (Å²) in [5.74, 6) is -2.43. The normalized spacial score (nSPS) is 10.0. The Bertz CT molecular complexity index is 628. The maximum Gasteiger partial charge on any atom is 2.00 e. The first-order valence-electron chi connectivity index (χ1n) is 18.5. The van der Waals surface area contributed by atoms with Crippen LogP contribution in [0.5, 0.6) is 0 Å². The van der Waals surface area contributed by atoms with Gasteiger partial charge in [-0.15, -0.1) is 0 Å². The van der Waals surface area contributed by atoms with Crippen molar-refractivity contribution in [3.63, 3.8) is 0 Å². The molecule has 8 nitrogen and oxygen atoms in total. The summed E-state index contributed by atoms with van der Waals surface area (Å²) in [6.45, 7) is 32.6. The summed E-state index contributed by atoms with van der Waals surface area (Å²) in [7, 11) is 0. The molecule has 0 N–H and O–H groups in total. The second-order valence-electron chi connectivity index (χ2n) is 10.9. The van der Waals surface area contributed by atoms with E-state index in [1.54, 1.807) is 0 Å². The fourth-order valence-corrected chi connectivity index (χ4v) is 2.60. The summed E-state index contributed by atoms with van der Waals surface area (Å²) in [6, 6.07) is 0. The fourth-order valence-electron chi connectivity index (χ4n) is 2.44. The van der Waals surface area contributed by atoms with Gasteiger partial charge in [-0.25, -0.2) is 0 Å². The van der Waals surface area contributed by atoms with E-state index in [2.05, 4.69) is 108 Å². The Kier molecular flexibility index (Phi) is 101. The van der Waals surface area contributed by atoms with Crippen molar-refractivity contribution < 1.29 is 38.9 Å². The van der Waals surface area contributed by atoms with Crippen LogP contribution in [0, 0.1) is 39.5 Å². The van der Waals surface area contributed by atoms with Crippen molar-refractivity contribution >= 4 is 96.9 Å². The van der Waals surface area contributed by atoms with Gasteiger partial charge in [0.2, 0.25) is 0 Å². The first kappa shape index (κ1) is 73.1. The van der Waals surface area contributed by atoms with Gasteiger partial charge < -0.3 is 54.5 Å². The average molecular weight is 987 g/mol. The van der Waals surface area contributed by atoms with Crippen molar-refractivity contribution in [2.45, 2.75) is 158 Å². The molecule has 0 amide bonds. The Morgan fingerprint density at radius 1 is 0.538 bits per heavy atom. The Labute approximate surface area is 367 Å². The number of ether oxygens (including phenoxy) is 2. The minimum Gasteiger partial charge on any atom is -0.782 e. The maximum atomic E-state index is 10.8. The number of carbonyl (C=O) groups is 4. The van der Waals surface area contributed by atoms with Crippen LogP contribution < -0.4 is 10.2 Å². The summed E-state index contributed by atoms with van der Waals surface area (Å²) in [4.78, 5) is 40.4. The number of unbranched alkanes of at least 4 members (excludes halogenated alkanes) is 6. The Balaban J connectivity index is -0.0000000629. The van der Waals surface area contributed by atoms with E-state index < -0.39 is 11.9 Å². The predicted octanol–water partition coefficient (Wildman–Crippen LogP) is 7.35. The number of hydrogen-bond acceptors (Lipinski definition) is 10. The molecule has 12 heteroatoms. The Morgan fingerprint density at radius 2 is 0.769 bits per heavy atom. The average Bonchev–Trinajstić information content (AvgIpc) is 3.14. The quantitative estimate of drug-likeness (QED) is 0.0528. The SMILES string of the molecule is CCCCC(CC)COC(=O)C[S-].CCCCC(CC)COC(=O)C[S-].O=C([O-])/C=C/C(=O)[O-].[CH2]CCC.[CH2]CCC.[CH2]CCC.[CH2]CCC.[Sn+2].[Sn+2]. The number of carboxylic acid groups (broad SMARTS) is 2. The van der Waals surface area contributed by atoms with Gasteiger partial charge in [0.25, 0.3) is 11.9 Å². The molecule has 0 aromatic heterocycles. The molecule has 0 bridgehead atoms. The molecule has 8 radical (unpaired) electrons. The number of carbonyl (C=O) groups excluding carboxylic acids is 4. The van der Waals surface area contributed by atoms with Crippen LogP contribution in [0.3, 0.4) is 0 Å². The van der Waals surface area contributed by atoms with E-state index in [9.17, 15) is 29.4 Å². The second-order valence-corrected chi connectivity index (χ2v) is 11.5. The monoisotopic (exact) mass is 988 g/mol. The molecule has 0 aliphatic heterocycles. The number of esters is 2. The third-order valence-corrected chi connectivity index (χ3v) is 6.52. The standard InChI is InChI=1S/2C10H20O2S.C4H4O4.4C4H9.2Sn/c2*1-3-5-6-9(4-2)7-12-10(11)8-13;5-3(6)1-2-4(7)8;4*1-3-4-2;;/h2*9,13H,3-8H2,1-2H3;1-2H,(H,5,6)(H,7,8);4*1,3-4H2,2H3;;/q;;;;;;;2*+2/p-4/b;;2-1+;;;;;;. The molecule has 0 saturated heterocycles. The minimum atomic E-state index is -1.55. The van der Waals surface area contributed by atoms with Crippen LogP contribution in [-0.4, -0.2) is 96.4 Å². The van der Waals surface area contributed by atoms with Gasteiger partial charge in [-0.3, -0.25) is 9.59 Å². The topological polar surface area (TPSA) is 133 Å². The summed E-state index contributed by atoms with van der Waals surface area (Å²) < 4.78 is 10.00. The van der Waals surface area contributed by atoms with Crippen LogP contribution in [0.2, 0.25) is 0 Å². The van der Waals surface area contributed by atoms with Crippen molar-refractivity contribution in [3.05, 3.63) is 39.8 Å². The number of carboxylic acids is 2. The zero-order chi connectivity index (χ0) is 40.4. The number of hydrogen-bond donors (Lipinski definition) is 0. The second kappa shape index (κ2) is 72.2. The maximum absolute atomic E-state index is 10.8. The van der Waals surface area contributed by atoms with Gasteiger partial charge in [0, 0.05) is 0 Å². The fraction of sp³-hybridized carbons (Fsp3) is 0.750. The molecule has 0 heterocycles. The smallest absolute Gasteiger partial charge is 0.782 e. The molecule has 0 aromatic rings. The van der Waals surface area contributed by atoms with Crippen LogP contribution in [0.25, 0.3) is 0 Å². The van der Waals surface area contributed by atoms with E-state index in [4.69, 9.17) is 9.47 Å². The van der Waals surface area contributed by atoms with Crippen molar-refractivity contribution in [2.24, 2.45) is 11.8 Å². The van der Waals surface area contributed by atoms with Crippen LogP contribution in [-0.2, 0) is 53.9 Å². The van der Waals surface area contributed by atoms with Gasteiger partial charge in [-0.05, 0) is 36.8 Å². The first-order chi connectivity index (χ1) is 23.8. The third-order valence-electron chi connectivity index (χ3n) is 6.05. The van der Waals surface area contributed by atoms with Crippen molar-refractivity contribution in [1.82, 2.24) is 0 Å². The molecular formula is C40H76O8S2Sn2. The molecular weight excluding hydrogens is 910 g/mol. The van der Waals surface area contributed by atoms with Crippen molar-refractivity contribution in [3.8, 4) is 0 Å². The van der Waals surface area contributed by atoms with Crippen molar-refractivity contribution in [1.29, 1.82) is 0 Å². The molecule has 0 saturated carbocycles.